The van der Waals surface area contributed by atoms with Crippen molar-refractivity contribution in [2.24, 2.45) is 0 Å². The lowest BCUT2D eigenvalue weighted by Gasteiger charge is -2.18. The summed E-state index contributed by atoms with van der Waals surface area (Å²) in [5.74, 6) is 0.472. The number of hydrogen-bond acceptors (Lipinski definition) is 5. The molecule has 0 spiro atoms. The predicted molar refractivity (Wildman–Crippen MR) is 83.7 cm³/mol. The first-order valence-corrected chi connectivity index (χ1v) is 8.47. The molecule has 8 heteroatoms. The van der Waals surface area contributed by atoms with Crippen molar-refractivity contribution < 1.29 is 13.2 Å². The van der Waals surface area contributed by atoms with Crippen molar-refractivity contribution in [3.05, 3.63) is 18.3 Å². The van der Waals surface area contributed by atoms with Gasteiger partial charge >= 0.3 is 10.2 Å². The van der Waals surface area contributed by atoms with E-state index in [2.05, 4.69) is 15.0 Å². The molecule has 7 nitrogen and oxygen atoms in total. The van der Waals surface area contributed by atoms with Gasteiger partial charge in [0.15, 0.2) is 0 Å². The summed E-state index contributed by atoms with van der Waals surface area (Å²) in [4.78, 5) is 4.02. The molecule has 0 atom stereocenters. The number of hydrogen-bond donors (Lipinski definition) is 2. The Labute approximate surface area is 126 Å². The van der Waals surface area contributed by atoms with Crippen LogP contribution in [0.25, 0.3) is 0 Å². The van der Waals surface area contributed by atoms with Gasteiger partial charge in [0.1, 0.15) is 0 Å². The van der Waals surface area contributed by atoms with Crippen LogP contribution in [0.2, 0.25) is 0 Å². The van der Waals surface area contributed by atoms with Gasteiger partial charge in [-0.2, -0.15) is 12.7 Å². The highest BCUT2D eigenvalue weighted by Crippen LogP contribution is 2.14. The standard InChI is InChI=1S/C13H24N4O3S/c1-4-14-9-6-10-17(3)21(18,19)16-12-7-8-13(15-11-12)20-5-2/h7-8,11,14,16H,4-6,9-10H2,1-3H3. The Bertz CT molecular complexity index is 505. The molecule has 2 N–H and O–H groups in total. The van der Waals surface area contributed by atoms with Gasteiger partial charge in [-0.3, -0.25) is 4.72 Å². The molecule has 1 heterocycles. The van der Waals surface area contributed by atoms with Crippen molar-refractivity contribution in [2.45, 2.75) is 20.3 Å². The fraction of sp³-hybridized carbons (Fsp3) is 0.615. The molecule has 1 aromatic heterocycles. The Balaban J connectivity index is 2.54. The first-order chi connectivity index (χ1) is 9.99. The molecule has 21 heavy (non-hydrogen) atoms. The molecule has 0 saturated carbocycles. The van der Waals surface area contributed by atoms with Crippen LogP contribution < -0.4 is 14.8 Å². The SMILES string of the molecule is CCNCCCN(C)S(=O)(=O)Nc1ccc(OCC)nc1. The molecule has 0 fully saturated rings. The fourth-order valence-corrected chi connectivity index (χ4v) is 2.57. The van der Waals surface area contributed by atoms with Gasteiger partial charge in [-0.25, -0.2) is 4.98 Å². The minimum atomic E-state index is -3.55. The first kappa shape index (κ1) is 17.7. The van der Waals surface area contributed by atoms with Crippen molar-refractivity contribution in [2.75, 3.05) is 38.0 Å². The van der Waals surface area contributed by atoms with Crippen molar-refractivity contribution in [1.29, 1.82) is 0 Å². The molecular weight excluding hydrogens is 292 g/mol. The molecular formula is C13H24N4O3S. The molecule has 120 valence electrons. The lowest BCUT2D eigenvalue weighted by Crippen LogP contribution is -2.34. The van der Waals surface area contributed by atoms with Crippen LogP contribution in [0.15, 0.2) is 18.3 Å². The third-order valence-corrected chi connectivity index (χ3v) is 4.26. The summed E-state index contributed by atoms with van der Waals surface area (Å²) in [6.45, 7) is 6.52. The Morgan fingerprint density at radius 1 is 1.33 bits per heavy atom. The summed E-state index contributed by atoms with van der Waals surface area (Å²) in [7, 11) is -2.00. The van der Waals surface area contributed by atoms with Crippen molar-refractivity contribution in [1.82, 2.24) is 14.6 Å². The summed E-state index contributed by atoms with van der Waals surface area (Å²) in [6.07, 6.45) is 2.20. The number of nitrogens with one attached hydrogen (secondary N) is 2. The fourth-order valence-electron chi connectivity index (χ4n) is 1.62. The molecule has 0 radical (unpaired) electrons. The van der Waals surface area contributed by atoms with Gasteiger partial charge in [0.05, 0.1) is 18.5 Å². The smallest absolute Gasteiger partial charge is 0.301 e. The molecule has 0 aliphatic carbocycles. The Kier molecular flexibility index (Phi) is 7.41. The topological polar surface area (TPSA) is 83.6 Å². The molecule has 0 bridgehead atoms. The lowest BCUT2D eigenvalue weighted by atomic mass is 10.4. The summed E-state index contributed by atoms with van der Waals surface area (Å²) >= 11 is 0. The number of rotatable bonds is 10. The molecule has 0 amide bonds. The van der Waals surface area contributed by atoms with E-state index in [-0.39, 0.29) is 0 Å². The second kappa shape index (κ2) is 8.81. The second-order valence-corrected chi connectivity index (χ2v) is 6.23. The van der Waals surface area contributed by atoms with Crippen molar-refractivity contribution in [3.8, 4) is 5.88 Å². The Morgan fingerprint density at radius 3 is 2.67 bits per heavy atom. The van der Waals surface area contributed by atoms with E-state index >= 15 is 0 Å². The average Bonchev–Trinajstić information content (AvgIpc) is 2.45. The average molecular weight is 316 g/mol. The summed E-state index contributed by atoms with van der Waals surface area (Å²) in [5.41, 5.74) is 0.414. The minimum Gasteiger partial charge on any atom is -0.478 e. The summed E-state index contributed by atoms with van der Waals surface area (Å²) in [5, 5.41) is 3.16. The number of anilines is 1. The van der Waals surface area contributed by atoms with E-state index < -0.39 is 10.2 Å². The molecule has 0 aliphatic rings. The van der Waals surface area contributed by atoms with Crippen LogP contribution in [-0.2, 0) is 10.2 Å². The van der Waals surface area contributed by atoms with E-state index in [0.29, 0.717) is 24.7 Å². The lowest BCUT2D eigenvalue weighted by molar-refractivity contribution is 0.327. The zero-order valence-electron chi connectivity index (χ0n) is 12.8. The van der Waals surface area contributed by atoms with Crippen LogP contribution in [-0.4, -0.2) is 51.0 Å². The number of ether oxygens (including phenoxy) is 1. The largest absolute Gasteiger partial charge is 0.478 e. The zero-order chi connectivity index (χ0) is 15.7. The van der Waals surface area contributed by atoms with Crippen LogP contribution in [0.5, 0.6) is 5.88 Å². The molecule has 1 rings (SSSR count). The van der Waals surface area contributed by atoms with E-state index in [1.165, 1.54) is 10.5 Å². The van der Waals surface area contributed by atoms with Gasteiger partial charge < -0.3 is 10.1 Å². The summed E-state index contributed by atoms with van der Waals surface area (Å²) in [6, 6.07) is 3.26. The zero-order valence-corrected chi connectivity index (χ0v) is 13.6. The predicted octanol–water partition coefficient (Wildman–Crippen LogP) is 1.07. The Morgan fingerprint density at radius 2 is 2.10 bits per heavy atom. The van der Waals surface area contributed by atoms with Gasteiger partial charge in [-0.05, 0) is 32.5 Å². The first-order valence-electron chi connectivity index (χ1n) is 7.03. The van der Waals surface area contributed by atoms with E-state index in [1.54, 1.807) is 19.2 Å². The monoisotopic (exact) mass is 316 g/mol. The molecule has 1 aromatic rings. The van der Waals surface area contributed by atoms with Crippen molar-refractivity contribution >= 4 is 15.9 Å². The van der Waals surface area contributed by atoms with Crippen LogP contribution in [0.1, 0.15) is 20.3 Å². The quantitative estimate of drug-likeness (QED) is 0.631. The normalized spacial score (nSPS) is 11.6. The highest BCUT2D eigenvalue weighted by atomic mass is 32.2. The van der Waals surface area contributed by atoms with E-state index in [1.807, 2.05) is 13.8 Å². The highest BCUT2D eigenvalue weighted by molar-refractivity contribution is 7.90. The third kappa shape index (κ3) is 6.28. The third-order valence-electron chi connectivity index (χ3n) is 2.76. The van der Waals surface area contributed by atoms with Gasteiger partial charge in [0.25, 0.3) is 0 Å². The van der Waals surface area contributed by atoms with Crippen LogP contribution in [0, 0.1) is 0 Å². The maximum atomic E-state index is 12.1. The van der Waals surface area contributed by atoms with Gasteiger partial charge in [0, 0.05) is 19.7 Å². The molecule has 0 aromatic carbocycles. The number of pyridine rings is 1. The maximum absolute atomic E-state index is 12.1. The Hall–Kier alpha value is -1.38. The second-order valence-electron chi connectivity index (χ2n) is 4.45. The summed E-state index contributed by atoms with van der Waals surface area (Å²) < 4.78 is 33.2. The highest BCUT2D eigenvalue weighted by Gasteiger charge is 2.17. The van der Waals surface area contributed by atoms with Gasteiger partial charge in [-0.15, -0.1) is 0 Å². The number of aromatic nitrogens is 1. The van der Waals surface area contributed by atoms with Gasteiger partial charge in [0.2, 0.25) is 5.88 Å². The minimum absolute atomic E-state index is 0.414. The van der Waals surface area contributed by atoms with E-state index in [9.17, 15) is 8.42 Å². The van der Waals surface area contributed by atoms with E-state index in [4.69, 9.17) is 4.74 Å². The molecule has 0 aliphatic heterocycles. The van der Waals surface area contributed by atoms with Gasteiger partial charge in [-0.1, -0.05) is 6.92 Å². The molecule has 0 unspecified atom stereocenters. The van der Waals surface area contributed by atoms with Crippen LogP contribution >= 0.6 is 0 Å². The van der Waals surface area contributed by atoms with Crippen LogP contribution in [0.4, 0.5) is 5.69 Å². The van der Waals surface area contributed by atoms with E-state index in [0.717, 1.165) is 19.5 Å². The number of nitrogens with zero attached hydrogens (tertiary/aromatic N) is 2. The molecule has 0 saturated heterocycles. The van der Waals surface area contributed by atoms with Crippen LogP contribution in [0.3, 0.4) is 0 Å². The van der Waals surface area contributed by atoms with Crippen molar-refractivity contribution in [3.63, 3.8) is 0 Å². The maximum Gasteiger partial charge on any atom is 0.301 e.